The van der Waals surface area contributed by atoms with Crippen LogP contribution in [-0.4, -0.2) is 26.9 Å². The molecule has 1 aliphatic carbocycles. The zero-order valence-corrected chi connectivity index (χ0v) is 14.9. The lowest BCUT2D eigenvalue weighted by Crippen LogP contribution is -2.19. The van der Waals surface area contributed by atoms with Gasteiger partial charge >= 0.3 is 0 Å². The Hall–Kier alpha value is -3.16. The van der Waals surface area contributed by atoms with E-state index >= 15 is 0 Å². The van der Waals surface area contributed by atoms with Crippen LogP contribution in [0.25, 0.3) is 22.0 Å². The van der Waals surface area contributed by atoms with E-state index in [2.05, 4.69) is 15.3 Å². The highest BCUT2D eigenvalue weighted by atomic mass is 19.3. The van der Waals surface area contributed by atoms with Gasteiger partial charge in [-0.15, -0.1) is 0 Å². The van der Waals surface area contributed by atoms with Crippen LogP contribution in [0.2, 0.25) is 0 Å². The Morgan fingerprint density at radius 3 is 2.56 bits per heavy atom. The van der Waals surface area contributed by atoms with Gasteiger partial charge in [-0.3, -0.25) is 14.6 Å². The minimum absolute atomic E-state index is 0. The molecule has 0 atom stereocenters. The summed E-state index contributed by atoms with van der Waals surface area (Å²) in [6.07, 6.45) is 5.81. The SMILES string of the molecule is Cc1ccncc1-c1cc2cnc(NC=O)cc2n(C)c1=O.FC1(F)CC1.[HH]. The molecular weight excluding hydrogens is 354 g/mol. The van der Waals surface area contributed by atoms with Crippen LogP contribution in [0.5, 0.6) is 0 Å². The van der Waals surface area contributed by atoms with Crippen LogP contribution in [0.4, 0.5) is 14.6 Å². The highest BCUT2D eigenvalue weighted by Gasteiger charge is 2.43. The van der Waals surface area contributed by atoms with Crippen molar-refractivity contribution in [1.29, 1.82) is 0 Å². The molecule has 0 aromatic carbocycles. The Morgan fingerprint density at radius 1 is 1.26 bits per heavy atom. The Balaban J connectivity index is 0.000000408. The molecule has 3 aromatic heterocycles. The smallest absolute Gasteiger partial charge is 0.258 e. The maximum atomic E-state index is 12.6. The third kappa shape index (κ3) is 4.16. The van der Waals surface area contributed by atoms with E-state index in [9.17, 15) is 18.4 Å². The van der Waals surface area contributed by atoms with Crippen molar-refractivity contribution in [2.75, 3.05) is 5.32 Å². The van der Waals surface area contributed by atoms with Gasteiger partial charge in [0.1, 0.15) is 5.82 Å². The summed E-state index contributed by atoms with van der Waals surface area (Å²) in [5.74, 6) is -1.84. The Bertz CT molecular complexity index is 1060. The van der Waals surface area contributed by atoms with Gasteiger partial charge in [-0.25, -0.2) is 13.8 Å². The van der Waals surface area contributed by atoms with Crippen molar-refractivity contribution in [2.24, 2.45) is 7.05 Å². The highest BCUT2D eigenvalue weighted by molar-refractivity contribution is 5.86. The first kappa shape index (κ1) is 18.6. The van der Waals surface area contributed by atoms with Crippen LogP contribution >= 0.6 is 0 Å². The number of amides is 1. The van der Waals surface area contributed by atoms with Gasteiger partial charge in [0.2, 0.25) is 12.3 Å². The number of fused-ring (bicyclic) bond motifs is 1. The predicted octanol–water partition coefficient (Wildman–Crippen LogP) is 3.53. The van der Waals surface area contributed by atoms with Gasteiger partial charge < -0.3 is 9.88 Å². The molecule has 1 amide bonds. The van der Waals surface area contributed by atoms with Crippen molar-refractivity contribution >= 4 is 23.1 Å². The number of carbonyl (C=O) groups is 1. The molecule has 8 heteroatoms. The normalized spacial score (nSPS) is 14.2. The molecule has 0 unspecified atom stereocenters. The van der Waals surface area contributed by atoms with Crippen LogP contribution in [0.15, 0.2) is 41.6 Å². The molecule has 0 spiro atoms. The summed E-state index contributed by atoms with van der Waals surface area (Å²) in [6.45, 7) is 1.94. The molecule has 0 aliphatic heterocycles. The summed E-state index contributed by atoms with van der Waals surface area (Å²) >= 11 is 0. The minimum Gasteiger partial charge on any atom is -0.313 e. The number of alkyl halides is 2. The number of aryl methyl sites for hydroxylation is 2. The molecule has 0 radical (unpaired) electrons. The van der Waals surface area contributed by atoms with Crippen LogP contribution in [0, 0.1) is 6.92 Å². The number of nitrogens with zero attached hydrogens (tertiary/aromatic N) is 3. The van der Waals surface area contributed by atoms with Crippen LogP contribution in [0.1, 0.15) is 19.8 Å². The molecule has 3 aromatic rings. The number of aromatic nitrogens is 3. The molecule has 1 N–H and O–H groups in total. The molecule has 6 nitrogen and oxygen atoms in total. The molecule has 0 bridgehead atoms. The number of anilines is 1. The fourth-order valence-corrected chi connectivity index (χ4v) is 2.54. The Labute approximate surface area is 155 Å². The lowest BCUT2D eigenvalue weighted by molar-refractivity contribution is -0.105. The van der Waals surface area contributed by atoms with Gasteiger partial charge in [0.25, 0.3) is 5.56 Å². The molecule has 27 heavy (non-hydrogen) atoms. The van der Waals surface area contributed by atoms with Crippen molar-refractivity contribution in [3.8, 4) is 11.1 Å². The van der Waals surface area contributed by atoms with Crippen molar-refractivity contribution < 1.29 is 15.0 Å². The topological polar surface area (TPSA) is 76.9 Å². The fourth-order valence-electron chi connectivity index (χ4n) is 2.54. The van der Waals surface area contributed by atoms with E-state index in [4.69, 9.17) is 0 Å². The molecule has 0 saturated heterocycles. The standard InChI is InChI=1S/C16H14N4O2.C3H4F2.H2/c1-10-3-4-17-8-13(10)12-5-11-7-18-15(19-9-21)6-14(11)20(2)16(12)22;4-3(5)1-2-3;/h3-9H,1-2H3,(H,18,19,21);1-2H2;1H. The second-order valence-electron chi connectivity index (χ2n) is 6.36. The van der Waals surface area contributed by atoms with Crippen LogP contribution in [-0.2, 0) is 11.8 Å². The quantitative estimate of drug-likeness (QED) is 0.712. The first-order valence-corrected chi connectivity index (χ1v) is 8.31. The summed E-state index contributed by atoms with van der Waals surface area (Å²) in [4.78, 5) is 31.4. The number of hydrogen-bond donors (Lipinski definition) is 1. The summed E-state index contributed by atoms with van der Waals surface area (Å²) in [5.41, 5.74) is 2.96. The van der Waals surface area contributed by atoms with Crippen LogP contribution in [0.3, 0.4) is 0 Å². The van der Waals surface area contributed by atoms with Crippen LogP contribution < -0.4 is 10.9 Å². The zero-order chi connectivity index (χ0) is 19.6. The number of nitrogens with one attached hydrogen (secondary N) is 1. The fraction of sp³-hybridized carbons (Fsp3) is 0.263. The Kier molecular flexibility index (Phi) is 4.98. The molecule has 4 rings (SSSR count). The summed E-state index contributed by atoms with van der Waals surface area (Å²) in [7, 11) is 1.70. The Morgan fingerprint density at radius 2 is 1.96 bits per heavy atom. The highest BCUT2D eigenvalue weighted by Crippen LogP contribution is 2.40. The number of halogens is 2. The van der Waals surface area contributed by atoms with E-state index in [0.717, 1.165) is 16.5 Å². The molecule has 1 fully saturated rings. The monoisotopic (exact) mass is 374 g/mol. The second kappa shape index (κ2) is 7.22. The summed E-state index contributed by atoms with van der Waals surface area (Å²) in [6, 6.07) is 5.35. The first-order chi connectivity index (χ1) is 12.8. The lowest BCUT2D eigenvalue weighted by atomic mass is 10.0. The van der Waals surface area contributed by atoms with E-state index in [1.165, 1.54) is 0 Å². The zero-order valence-electron chi connectivity index (χ0n) is 14.9. The third-order valence-corrected chi connectivity index (χ3v) is 4.27. The van der Waals surface area contributed by atoms with Gasteiger partial charge in [0, 0.05) is 62.5 Å². The number of carbonyl (C=O) groups excluding carboxylic acids is 1. The average molecular weight is 374 g/mol. The van der Waals surface area contributed by atoms with E-state index in [0.29, 0.717) is 23.3 Å². The molecule has 1 saturated carbocycles. The van der Waals surface area contributed by atoms with Crippen molar-refractivity contribution in [2.45, 2.75) is 25.7 Å². The van der Waals surface area contributed by atoms with Crippen molar-refractivity contribution in [3.05, 3.63) is 52.7 Å². The van der Waals surface area contributed by atoms with Gasteiger partial charge in [-0.05, 0) is 24.6 Å². The predicted molar refractivity (Wildman–Crippen MR) is 101 cm³/mol. The van der Waals surface area contributed by atoms with Gasteiger partial charge in [0.15, 0.2) is 0 Å². The average Bonchev–Trinajstić information content (AvgIpc) is 3.34. The molecule has 142 valence electrons. The van der Waals surface area contributed by atoms with E-state index in [1.54, 1.807) is 42.3 Å². The number of rotatable bonds is 3. The molecule has 3 heterocycles. The van der Waals surface area contributed by atoms with E-state index < -0.39 is 5.92 Å². The van der Waals surface area contributed by atoms with Crippen molar-refractivity contribution in [1.82, 2.24) is 14.5 Å². The van der Waals surface area contributed by atoms with Gasteiger partial charge in [-0.2, -0.15) is 0 Å². The number of pyridine rings is 3. The largest absolute Gasteiger partial charge is 0.313 e. The van der Waals surface area contributed by atoms with E-state index in [-0.39, 0.29) is 19.8 Å². The van der Waals surface area contributed by atoms with Crippen molar-refractivity contribution in [3.63, 3.8) is 0 Å². The van der Waals surface area contributed by atoms with Gasteiger partial charge in [0.05, 0.1) is 5.52 Å². The third-order valence-electron chi connectivity index (χ3n) is 4.27. The van der Waals surface area contributed by atoms with Gasteiger partial charge in [-0.1, -0.05) is 0 Å². The summed E-state index contributed by atoms with van der Waals surface area (Å²) in [5, 5.41) is 3.30. The molecule has 1 aliphatic rings. The maximum Gasteiger partial charge on any atom is 0.258 e. The first-order valence-electron chi connectivity index (χ1n) is 8.31. The lowest BCUT2D eigenvalue weighted by Gasteiger charge is -2.11. The van der Waals surface area contributed by atoms with E-state index in [1.807, 2.05) is 13.0 Å². The summed E-state index contributed by atoms with van der Waals surface area (Å²) < 4.78 is 23.8. The maximum absolute atomic E-state index is 12.6. The second-order valence-corrected chi connectivity index (χ2v) is 6.36. The molecular formula is C19H20F2N4O2. The minimum atomic E-state index is -2.25. The number of hydrogen-bond acceptors (Lipinski definition) is 4.